The van der Waals surface area contributed by atoms with Crippen molar-refractivity contribution >= 4 is 40.7 Å². The lowest BCUT2D eigenvalue weighted by atomic mass is 10.1. The van der Waals surface area contributed by atoms with E-state index in [1.54, 1.807) is 0 Å². The lowest BCUT2D eigenvalue weighted by Crippen LogP contribution is -2.47. The number of hydrogen-bond donors (Lipinski definition) is 2. The zero-order valence-electron chi connectivity index (χ0n) is 17.1. The molecule has 2 unspecified atom stereocenters. The van der Waals surface area contributed by atoms with Crippen LogP contribution in [0, 0.1) is 0 Å². The van der Waals surface area contributed by atoms with Crippen LogP contribution in [-0.2, 0) is 35.9 Å². The first-order chi connectivity index (χ1) is 13.7. The number of nitrogens with one attached hydrogen (secondary N) is 2. The van der Waals surface area contributed by atoms with Crippen LogP contribution >= 0.6 is 24.0 Å². The summed E-state index contributed by atoms with van der Waals surface area (Å²) < 4.78 is 14.3. The molecule has 7 nitrogen and oxygen atoms in total. The fourth-order valence-electron chi connectivity index (χ4n) is 3.23. The van der Waals surface area contributed by atoms with Crippen LogP contribution in [0.15, 0.2) is 35.3 Å². The van der Waals surface area contributed by atoms with Gasteiger partial charge in [-0.15, -0.1) is 24.0 Å². The molecule has 29 heavy (non-hydrogen) atoms. The maximum absolute atomic E-state index is 12.3. The maximum atomic E-state index is 12.3. The number of aromatic nitrogens is 3. The molecular formula is C20H31IN6OS. The van der Waals surface area contributed by atoms with Crippen molar-refractivity contribution in [3.8, 4) is 0 Å². The molecule has 2 N–H and O–H groups in total. The van der Waals surface area contributed by atoms with Crippen molar-refractivity contribution in [1.82, 2.24) is 25.4 Å². The van der Waals surface area contributed by atoms with E-state index in [0.717, 1.165) is 55.5 Å². The molecule has 3 rings (SSSR count). The van der Waals surface area contributed by atoms with Crippen molar-refractivity contribution in [2.75, 3.05) is 18.8 Å². The van der Waals surface area contributed by atoms with Crippen LogP contribution < -0.4 is 10.6 Å². The lowest BCUT2D eigenvalue weighted by molar-refractivity contribution is 0.392. The molecule has 0 aliphatic carbocycles. The molecule has 0 fully saturated rings. The summed E-state index contributed by atoms with van der Waals surface area (Å²) in [5, 5.41) is 11.4. The van der Waals surface area contributed by atoms with Crippen LogP contribution in [0.25, 0.3) is 0 Å². The van der Waals surface area contributed by atoms with E-state index in [1.165, 1.54) is 0 Å². The molecule has 9 heteroatoms. The largest absolute Gasteiger partial charge is 0.357 e. The lowest BCUT2D eigenvalue weighted by Gasteiger charge is -2.25. The molecule has 1 aromatic carbocycles. The summed E-state index contributed by atoms with van der Waals surface area (Å²) in [6.45, 7) is 6.26. The number of halogens is 1. The van der Waals surface area contributed by atoms with Crippen LogP contribution in [0.4, 0.5) is 0 Å². The van der Waals surface area contributed by atoms with E-state index in [9.17, 15) is 4.21 Å². The van der Waals surface area contributed by atoms with E-state index < -0.39 is 10.8 Å². The fraction of sp³-hybridized carbons (Fsp3) is 0.550. The average molecular weight is 530 g/mol. The fourth-order valence-corrected chi connectivity index (χ4v) is 4.24. The highest BCUT2D eigenvalue weighted by atomic mass is 127. The van der Waals surface area contributed by atoms with Gasteiger partial charge in [-0.05, 0) is 18.9 Å². The highest BCUT2D eigenvalue weighted by molar-refractivity contribution is 14.0. The van der Waals surface area contributed by atoms with Crippen molar-refractivity contribution in [3.63, 3.8) is 0 Å². The number of rotatable bonds is 8. The highest BCUT2D eigenvalue weighted by Gasteiger charge is 2.22. The molecule has 2 aromatic rings. The number of nitrogens with zero attached hydrogens (tertiary/aromatic N) is 4. The minimum Gasteiger partial charge on any atom is -0.357 e. The first kappa shape index (κ1) is 23.8. The van der Waals surface area contributed by atoms with Crippen molar-refractivity contribution in [2.45, 2.75) is 51.4 Å². The molecule has 0 spiro atoms. The van der Waals surface area contributed by atoms with Gasteiger partial charge in [0, 0.05) is 47.7 Å². The summed E-state index contributed by atoms with van der Waals surface area (Å²) >= 11 is 0. The van der Waals surface area contributed by atoms with Gasteiger partial charge in [0.2, 0.25) is 0 Å². The zero-order valence-corrected chi connectivity index (χ0v) is 20.3. The average Bonchev–Trinajstić information content (AvgIpc) is 3.11. The molecular weight excluding hydrogens is 499 g/mol. The Morgan fingerprint density at radius 3 is 2.83 bits per heavy atom. The van der Waals surface area contributed by atoms with Gasteiger partial charge in [-0.25, -0.2) is 9.67 Å². The van der Waals surface area contributed by atoms with Gasteiger partial charge in [-0.1, -0.05) is 37.3 Å². The summed E-state index contributed by atoms with van der Waals surface area (Å²) in [4.78, 5) is 9.19. The summed E-state index contributed by atoms with van der Waals surface area (Å²) in [7, 11) is -0.911. The quantitative estimate of drug-likeness (QED) is 0.311. The van der Waals surface area contributed by atoms with Crippen molar-refractivity contribution in [2.24, 2.45) is 4.99 Å². The van der Waals surface area contributed by atoms with E-state index in [0.29, 0.717) is 18.1 Å². The Kier molecular flexibility index (Phi) is 10.1. The number of fused-ring (bicyclic) bond motifs is 1. The predicted octanol–water partition coefficient (Wildman–Crippen LogP) is 2.28. The van der Waals surface area contributed by atoms with Gasteiger partial charge in [0.15, 0.2) is 11.8 Å². The summed E-state index contributed by atoms with van der Waals surface area (Å²) in [6, 6.07) is 10.2. The molecule has 160 valence electrons. The first-order valence-electron chi connectivity index (χ1n) is 10.0. The van der Waals surface area contributed by atoms with Crippen molar-refractivity contribution in [3.05, 3.63) is 47.5 Å². The molecule has 2 heterocycles. The Bertz CT molecular complexity index is 811. The molecule has 1 aliphatic rings. The van der Waals surface area contributed by atoms with E-state index in [1.807, 2.05) is 35.0 Å². The predicted molar refractivity (Wildman–Crippen MR) is 129 cm³/mol. The Labute approximate surface area is 192 Å². The SMILES string of the molecule is CCNC(=NCCS(=O)Cc1ccccc1)NC1CCc2nc(CC)nn2C1.I. The van der Waals surface area contributed by atoms with Crippen LogP contribution in [0.1, 0.15) is 37.5 Å². The second-order valence-corrected chi connectivity index (χ2v) is 8.47. The van der Waals surface area contributed by atoms with Crippen LogP contribution in [0.3, 0.4) is 0 Å². The second kappa shape index (κ2) is 12.3. The van der Waals surface area contributed by atoms with E-state index in [2.05, 4.69) is 39.6 Å². The van der Waals surface area contributed by atoms with Crippen LogP contribution in [0.2, 0.25) is 0 Å². The molecule has 1 aromatic heterocycles. The molecule has 0 amide bonds. The van der Waals surface area contributed by atoms with Gasteiger partial charge in [-0.3, -0.25) is 9.20 Å². The van der Waals surface area contributed by atoms with E-state index in [-0.39, 0.29) is 30.0 Å². The molecule has 0 saturated carbocycles. The van der Waals surface area contributed by atoms with Gasteiger partial charge in [0.05, 0.1) is 13.1 Å². The Hall–Kier alpha value is -1.49. The van der Waals surface area contributed by atoms with Crippen LogP contribution in [-0.4, -0.2) is 49.8 Å². The first-order valence-corrected chi connectivity index (χ1v) is 11.5. The highest BCUT2D eigenvalue weighted by Crippen LogP contribution is 2.13. The summed E-state index contributed by atoms with van der Waals surface area (Å²) in [5.74, 6) is 3.91. The van der Waals surface area contributed by atoms with Gasteiger partial charge in [-0.2, -0.15) is 5.10 Å². The third-order valence-corrected chi connectivity index (χ3v) is 5.96. The molecule has 0 saturated heterocycles. The van der Waals surface area contributed by atoms with Crippen LogP contribution in [0.5, 0.6) is 0 Å². The van der Waals surface area contributed by atoms with Gasteiger partial charge < -0.3 is 10.6 Å². The minimum absolute atomic E-state index is 0. The minimum atomic E-state index is -0.911. The number of aliphatic imine (C=N–C) groups is 1. The topological polar surface area (TPSA) is 84.2 Å². The Morgan fingerprint density at radius 1 is 1.31 bits per heavy atom. The number of guanidine groups is 1. The van der Waals surface area contributed by atoms with Gasteiger partial charge in [0.1, 0.15) is 5.82 Å². The standard InChI is InChI=1S/C20H30N6OS.HI/c1-3-18-24-19-11-10-17(14-26(19)25-18)23-20(21-4-2)22-12-13-28(27)15-16-8-6-5-7-9-16;/h5-9,17H,3-4,10-15H2,1-2H3,(H2,21,22,23);1H. The Morgan fingerprint density at radius 2 is 2.10 bits per heavy atom. The van der Waals surface area contributed by atoms with Crippen molar-refractivity contribution < 1.29 is 4.21 Å². The van der Waals surface area contributed by atoms with Gasteiger partial charge in [0.25, 0.3) is 0 Å². The number of aryl methyl sites for hydroxylation is 2. The molecule has 1 aliphatic heterocycles. The summed E-state index contributed by atoms with van der Waals surface area (Å²) in [5.41, 5.74) is 1.10. The normalized spacial score (nSPS) is 17.2. The van der Waals surface area contributed by atoms with Crippen molar-refractivity contribution in [1.29, 1.82) is 0 Å². The van der Waals surface area contributed by atoms with E-state index >= 15 is 0 Å². The smallest absolute Gasteiger partial charge is 0.191 e. The summed E-state index contributed by atoms with van der Waals surface area (Å²) in [6.07, 6.45) is 2.79. The monoisotopic (exact) mass is 530 g/mol. The third kappa shape index (κ3) is 7.36. The molecule has 0 bridgehead atoms. The third-order valence-electron chi connectivity index (χ3n) is 4.66. The number of hydrogen-bond acceptors (Lipinski definition) is 4. The number of benzene rings is 1. The Balaban J connectivity index is 0.00000300. The zero-order chi connectivity index (χ0) is 19.8. The van der Waals surface area contributed by atoms with E-state index in [4.69, 9.17) is 0 Å². The molecule has 2 atom stereocenters. The maximum Gasteiger partial charge on any atom is 0.191 e. The van der Waals surface area contributed by atoms with Gasteiger partial charge >= 0.3 is 0 Å². The molecule has 0 radical (unpaired) electrons. The second-order valence-electron chi connectivity index (χ2n) is 6.89.